The minimum Gasteiger partial charge on any atom is -0.497 e. The molecule has 0 fully saturated rings. The topological polar surface area (TPSA) is 24.5 Å². The molecule has 2 unspecified atom stereocenters. The van der Waals surface area contributed by atoms with Gasteiger partial charge >= 0.3 is 0 Å². The Balaban J connectivity index is 2.05. The first-order chi connectivity index (χ1) is 12.2. The number of hydrogen-bond acceptors (Lipinski definition) is 3. The summed E-state index contributed by atoms with van der Waals surface area (Å²) in [6.45, 7) is 10.1. The molecule has 1 aliphatic rings. The molecule has 0 amide bonds. The Labute approximate surface area is 152 Å². The van der Waals surface area contributed by atoms with E-state index in [2.05, 4.69) is 79.5 Å². The van der Waals surface area contributed by atoms with Crippen molar-refractivity contribution in [2.45, 2.75) is 38.6 Å². The van der Waals surface area contributed by atoms with Crippen LogP contribution >= 0.6 is 0 Å². The molecule has 3 nitrogen and oxygen atoms in total. The van der Waals surface area contributed by atoms with E-state index < -0.39 is 0 Å². The van der Waals surface area contributed by atoms with Crippen LogP contribution in [-0.2, 0) is 5.41 Å². The Morgan fingerprint density at radius 1 is 1.04 bits per heavy atom. The normalized spacial score (nSPS) is 21.9. The quantitative estimate of drug-likeness (QED) is 0.803. The second-order valence-corrected chi connectivity index (χ2v) is 6.89. The Bertz CT molecular complexity index is 693. The zero-order chi connectivity index (χ0) is 17.9. The van der Waals surface area contributed by atoms with Crippen LogP contribution < -0.4 is 10.1 Å². The van der Waals surface area contributed by atoms with Gasteiger partial charge in [-0.1, -0.05) is 44.2 Å². The highest BCUT2D eigenvalue weighted by Crippen LogP contribution is 2.48. The van der Waals surface area contributed by atoms with Crippen molar-refractivity contribution in [3.8, 4) is 5.75 Å². The molecule has 0 bridgehead atoms. The van der Waals surface area contributed by atoms with Gasteiger partial charge in [0.1, 0.15) is 5.75 Å². The average molecular weight is 338 g/mol. The first-order valence-electron chi connectivity index (χ1n) is 9.38. The summed E-state index contributed by atoms with van der Waals surface area (Å²) in [5, 5.41) is 3.73. The largest absolute Gasteiger partial charge is 0.497 e. The highest BCUT2D eigenvalue weighted by atomic mass is 16.5. The van der Waals surface area contributed by atoms with Crippen LogP contribution in [0.4, 0.5) is 5.69 Å². The van der Waals surface area contributed by atoms with Crippen LogP contribution in [0.25, 0.3) is 0 Å². The fourth-order valence-electron chi connectivity index (χ4n) is 4.25. The van der Waals surface area contributed by atoms with Crippen LogP contribution in [0, 0.1) is 0 Å². The van der Waals surface area contributed by atoms with E-state index in [1.807, 2.05) is 0 Å². The molecule has 1 aliphatic heterocycles. The van der Waals surface area contributed by atoms with E-state index >= 15 is 0 Å². The van der Waals surface area contributed by atoms with E-state index in [0.717, 1.165) is 31.8 Å². The third kappa shape index (κ3) is 3.13. The van der Waals surface area contributed by atoms with Crippen molar-refractivity contribution in [1.82, 2.24) is 4.90 Å². The molecule has 0 aromatic heterocycles. The minimum absolute atomic E-state index is 0.00848. The molecule has 0 aliphatic carbocycles. The van der Waals surface area contributed by atoms with Crippen LogP contribution in [-0.4, -0.2) is 37.7 Å². The summed E-state index contributed by atoms with van der Waals surface area (Å²) in [7, 11) is 1.72. The maximum Gasteiger partial charge on any atom is 0.118 e. The molecule has 3 rings (SSSR count). The number of benzene rings is 2. The number of nitrogens with zero attached hydrogens (tertiary/aromatic N) is 1. The summed E-state index contributed by atoms with van der Waals surface area (Å²) >= 11 is 0. The van der Waals surface area contributed by atoms with E-state index in [1.54, 1.807) is 7.11 Å². The summed E-state index contributed by atoms with van der Waals surface area (Å²) < 4.78 is 5.37. The van der Waals surface area contributed by atoms with Crippen LogP contribution in [0.1, 0.15) is 38.3 Å². The van der Waals surface area contributed by atoms with E-state index in [1.165, 1.54) is 16.8 Å². The molecule has 2 aromatic carbocycles. The maximum absolute atomic E-state index is 5.37. The van der Waals surface area contributed by atoms with Crippen molar-refractivity contribution in [3.05, 3.63) is 59.7 Å². The number of nitrogens with one attached hydrogen (secondary N) is 1. The van der Waals surface area contributed by atoms with Crippen molar-refractivity contribution in [3.63, 3.8) is 0 Å². The number of hydrogen-bond donors (Lipinski definition) is 1. The lowest BCUT2D eigenvalue weighted by Crippen LogP contribution is -2.41. The van der Waals surface area contributed by atoms with Gasteiger partial charge < -0.3 is 15.0 Å². The van der Waals surface area contributed by atoms with Gasteiger partial charge in [-0.05, 0) is 62.3 Å². The summed E-state index contributed by atoms with van der Waals surface area (Å²) in [5.41, 5.74) is 4.04. The third-order valence-electron chi connectivity index (χ3n) is 5.84. The van der Waals surface area contributed by atoms with Crippen molar-refractivity contribution >= 4 is 5.69 Å². The predicted octanol–water partition coefficient (Wildman–Crippen LogP) is 4.53. The highest BCUT2D eigenvalue weighted by Gasteiger charge is 2.45. The summed E-state index contributed by atoms with van der Waals surface area (Å²) in [6.07, 6.45) is 1.10. The van der Waals surface area contributed by atoms with Crippen LogP contribution in [0.15, 0.2) is 48.5 Å². The Hall–Kier alpha value is -2.00. The van der Waals surface area contributed by atoms with Crippen LogP contribution in [0.5, 0.6) is 5.75 Å². The fourth-order valence-corrected chi connectivity index (χ4v) is 4.25. The molecule has 2 atom stereocenters. The molecule has 0 radical (unpaired) electrons. The zero-order valence-electron chi connectivity index (χ0n) is 15.9. The Kier molecular flexibility index (Phi) is 5.33. The second-order valence-electron chi connectivity index (χ2n) is 6.89. The van der Waals surface area contributed by atoms with Gasteiger partial charge in [-0.25, -0.2) is 0 Å². The Morgan fingerprint density at radius 3 is 2.36 bits per heavy atom. The molecule has 0 saturated heterocycles. The number of para-hydroxylation sites is 1. The molecule has 134 valence electrons. The van der Waals surface area contributed by atoms with Crippen molar-refractivity contribution in [2.24, 2.45) is 0 Å². The standard InChI is InChI=1S/C22H30N2O/c1-5-24(6-2)16-15-22(18-11-13-19(25-4)14-12-18)17(3)23-21-10-8-7-9-20(21)22/h7-14,17,23H,5-6,15-16H2,1-4H3. The van der Waals surface area contributed by atoms with E-state index in [4.69, 9.17) is 4.74 Å². The summed E-state index contributed by atoms with van der Waals surface area (Å²) in [4.78, 5) is 2.51. The molecule has 0 saturated carbocycles. The summed E-state index contributed by atoms with van der Waals surface area (Å²) in [6, 6.07) is 17.8. The van der Waals surface area contributed by atoms with Gasteiger partial charge in [-0.15, -0.1) is 0 Å². The van der Waals surface area contributed by atoms with E-state index in [9.17, 15) is 0 Å². The van der Waals surface area contributed by atoms with E-state index in [-0.39, 0.29) is 5.41 Å². The van der Waals surface area contributed by atoms with Crippen molar-refractivity contribution in [2.75, 3.05) is 32.1 Å². The molecule has 2 aromatic rings. The molecular formula is C22H30N2O. The molecule has 1 N–H and O–H groups in total. The summed E-state index contributed by atoms with van der Waals surface area (Å²) in [5.74, 6) is 0.912. The SMILES string of the molecule is CCN(CC)CCC1(c2ccc(OC)cc2)c2ccccc2NC1C. The van der Waals surface area contributed by atoms with Gasteiger partial charge in [0, 0.05) is 17.1 Å². The number of ether oxygens (including phenoxy) is 1. The monoisotopic (exact) mass is 338 g/mol. The molecule has 3 heteroatoms. The third-order valence-corrected chi connectivity index (χ3v) is 5.84. The molecule has 25 heavy (non-hydrogen) atoms. The van der Waals surface area contributed by atoms with Gasteiger partial charge in [0.2, 0.25) is 0 Å². The smallest absolute Gasteiger partial charge is 0.118 e. The molecule has 1 heterocycles. The highest BCUT2D eigenvalue weighted by molar-refractivity contribution is 5.66. The maximum atomic E-state index is 5.37. The first kappa shape index (κ1) is 17.8. The Morgan fingerprint density at radius 2 is 1.72 bits per heavy atom. The first-order valence-corrected chi connectivity index (χ1v) is 9.38. The zero-order valence-corrected chi connectivity index (χ0v) is 15.9. The number of anilines is 1. The lowest BCUT2D eigenvalue weighted by Gasteiger charge is -2.37. The number of fused-ring (bicyclic) bond motifs is 1. The van der Waals surface area contributed by atoms with Gasteiger partial charge in [0.25, 0.3) is 0 Å². The van der Waals surface area contributed by atoms with Gasteiger partial charge in [0.15, 0.2) is 0 Å². The lowest BCUT2D eigenvalue weighted by atomic mass is 9.69. The second kappa shape index (κ2) is 7.49. The van der Waals surface area contributed by atoms with Gasteiger partial charge in [-0.3, -0.25) is 0 Å². The lowest BCUT2D eigenvalue weighted by molar-refractivity contribution is 0.267. The van der Waals surface area contributed by atoms with Crippen molar-refractivity contribution in [1.29, 1.82) is 0 Å². The van der Waals surface area contributed by atoms with Gasteiger partial charge in [-0.2, -0.15) is 0 Å². The van der Waals surface area contributed by atoms with Gasteiger partial charge in [0.05, 0.1) is 7.11 Å². The molecule has 0 spiro atoms. The predicted molar refractivity (Wildman–Crippen MR) is 106 cm³/mol. The average Bonchev–Trinajstić information content (AvgIpc) is 2.95. The fraction of sp³-hybridized carbons (Fsp3) is 0.455. The van der Waals surface area contributed by atoms with Crippen LogP contribution in [0.2, 0.25) is 0 Å². The van der Waals surface area contributed by atoms with Crippen molar-refractivity contribution < 1.29 is 4.74 Å². The minimum atomic E-state index is -0.00848. The van der Waals surface area contributed by atoms with Crippen LogP contribution in [0.3, 0.4) is 0 Å². The molecular weight excluding hydrogens is 308 g/mol. The number of methoxy groups -OCH3 is 1. The van der Waals surface area contributed by atoms with E-state index in [0.29, 0.717) is 6.04 Å². The number of rotatable bonds is 7.